The molecule has 540 valence electrons. The van der Waals surface area contributed by atoms with Crippen LogP contribution in [0, 0.1) is 16.2 Å². The Morgan fingerprint density at radius 3 is 0.627 bits per heavy atom. The van der Waals surface area contributed by atoms with Gasteiger partial charge in [-0.1, -0.05) is 115 Å². The van der Waals surface area contributed by atoms with Crippen molar-refractivity contribution in [2.45, 2.75) is 20.3 Å². The van der Waals surface area contributed by atoms with Crippen molar-refractivity contribution in [1.29, 1.82) is 0 Å². The Hall–Kier alpha value is -13.0. The lowest BCUT2D eigenvalue weighted by molar-refractivity contribution is -0.161. The number of hydrogen-bond acceptors (Lipinski definition) is 26. The first-order chi connectivity index (χ1) is 48.3. The summed E-state index contributed by atoms with van der Waals surface area (Å²) in [5, 5.41) is 7.69. The van der Waals surface area contributed by atoms with Gasteiger partial charge in [-0.25, -0.2) is 62.3 Å². The predicted octanol–water partition coefficient (Wildman–Crippen LogP) is 9.33. The molecule has 0 heterocycles. The number of nitrogens with zero attached hydrogens (tertiary/aromatic N) is 1. The Bertz CT molecular complexity index is 3380. The molecule has 3 amide bonds. The summed E-state index contributed by atoms with van der Waals surface area (Å²) < 4.78 is 62.1. The molecule has 4 aromatic carbocycles. The molecule has 29 nitrogen and oxygen atoms in total. The normalized spacial score (nSPS) is 10.3. The number of isocyanates is 1. The highest BCUT2D eigenvalue weighted by Crippen LogP contribution is 2.27. The Labute approximate surface area is 587 Å². The minimum Gasteiger partial charge on any atom is -0.462 e. The summed E-state index contributed by atoms with van der Waals surface area (Å²) in [6.45, 7) is 24.1. The summed E-state index contributed by atoms with van der Waals surface area (Å²) in [6.07, 6.45) is 7.99. The van der Waals surface area contributed by atoms with Crippen molar-refractivity contribution >= 4 is 101 Å². The molecule has 0 atom stereocenters. The van der Waals surface area contributed by atoms with Gasteiger partial charge in [0.1, 0.15) is 95.5 Å². The van der Waals surface area contributed by atoms with Gasteiger partial charge in [0.05, 0.1) is 5.69 Å². The third-order valence-electron chi connectivity index (χ3n) is 13.2. The van der Waals surface area contributed by atoms with Crippen LogP contribution in [0.3, 0.4) is 0 Å². The Kier molecular flexibility index (Phi) is 37.9. The van der Waals surface area contributed by atoms with Crippen LogP contribution in [-0.2, 0) is 118 Å². The summed E-state index contributed by atoms with van der Waals surface area (Å²) in [5.41, 5.74) is 0.838. The second kappa shape index (κ2) is 45.5. The minimum absolute atomic E-state index is 0. The van der Waals surface area contributed by atoms with E-state index in [0.717, 1.165) is 76.9 Å². The molecule has 0 saturated carbocycles. The standard InChI is InChI=1S/C43H46N2O16.C29H28N2O9.CH4/c1-7-34(46)54-22-42(23-55-35(47)8-2,24-56-36(48)9-3)28-60-40(52)44-32-17-13-30(14-18-32)21-31-15-19-33(20-16-31)45-41(53)61-29-43(25-57-37(49)10-4,26-58-38(50)11-5)27-59-39(51)12-6;1-4-25(33)37-16-29(17-38-26(34)5-2,18-39-27(35)6-3)19-40-28(36)31-24-13-9-22(10-14-24)15-21-7-11-23(12-8-21)30-20-32;/h7-20H,1-6,21-29H2,(H,44,52)(H,45,53);4-14H,1-3,15-19H2,(H,31,36);1H4. The number of ether oxygens (including phenoxy) is 12. The molecule has 0 aliphatic heterocycles. The molecule has 0 radical (unpaired) electrons. The van der Waals surface area contributed by atoms with Crippen LogP contribution in [0.25, 0.3) is 0 Å². The molecular weight excluding hydrogens is 1330 g/mol. The van der Waals surface area contributed by atoms with Gasteiger partial charge in [-0.05, 0) is 83.6 Å². The van der Waals surface area contributed by atoms with Crippen LogP contribution in [0.4, 0.5) is 37.1 Å². The summed E-state index contributed by atoms with van der Waals surface area (Å²) in [5.74, 6) is -7.32. The molecule has 29 heteroatoms. The molecule has 102 heavy (non-hydrogen) atoms. The molecule has 0 aliphatic rings. The van der Waals surface area contributed by atoms with Crippen molar-refractivity contribution in [2.24, 2.45) is 21.2 Å². The highest BCUT2D eigenvalue weighted by atomic mass is 16.6. The van der Waals surface area contributed by atoms with E-state index in [0.29, 0.717) is 35.6 Å². The van der Waals surface area contributed by atoms with E-state index < -0.39 is 168 Å². The van der Waals surface area contributed by atoms with Gasteiger partial charge in [-0.15, -0.1) is 0 Å². The van der Waals surface area contributed by atoms with Gasteiger partial charge in [-0.3, -0.25) is 16.0 Å². The fourth-order valence-electron chi connectivity index (χ4n) is 7.75. The van der Waals surface area contributed by atoms with E-state index in [1.807, 2.05) is 24.3 Å². The lowest BCUT2D eigenvalue weighted by atomic mass is 9.92. The number of aliphatic imine (C=N–C) groups is 1. The smallest absolute Gasteiger partial charge is 0.411 e. The van der Waals surface area contributed by atoms with E-state index in [1.54, 1.807) is 72.8 Å². The molecule has 0 bridgehead atoms. The Morgan fingerprint density at radius 2 is 0.461 bits per heavy atom. The van der Waals surface area contributed by atoms with Gasteiger partial charge in [0.15, 0.2) is 0 Å². The quantitative estimate of drug-likeness (QED) is 0.0122. The topological polar surface area (TPSA) is 381 Å². The van der Waals surface area contributed by atoms with Crippen LogP contribution in [0.2, 0.25) is 0 Å². The van der Waals surface area contributed by atoms with Crippen molar-refractivity contribution in [3.8, 4) is 0 Å². The van der Waals surface area contributed by atoms with E-state index >= 15 is 0 Å². The van der Waals surface area contributed by atoms with Crippen LogP contribution in [0.15, 0.2) is 216 Å². The second-order valence-electron chi connectivity index (χ2n) is 21.2. The first-order valence-corrected chi connectivity index (χ1v) is 29.7. The third-order valence-corrected chi connectivity index (χ3v) is 13.2. The maximum atomic E-state index is 12.8. The van der Waals surface area contributed by atoms with Crippen LogP contribution >= 0.6 is 0 Å². The zero-order valence-corrected chi connectivity index (χ0v) is 54.9. The summed E-state index contributed by atoms with van der Waals surface area (Å²) in [6, 6.07) is 27.6. The number of anilines is 3. The predicted molar refractivity (Wildman–Crippen MR) is 369 cm³/mol. The summed E-state index contributed by atoms with van der Waals surface area (Å²) in [7, 11) is 0. The fraction of sp³-hybridized carbons (Fsp3) is 0.247. The van der Waals surface area contributed by atoms with Crippen LogP contribution in [0.1, 0.15) is 29.7 Å². The van der Waals surface area contributed by atoms with Crippen molar-refractivity contribution in [3.05, 3.63) is 233 Å². The number of benzene rings is 4. The lowest BCUT2D eigenvalue weighted by Gasteiger charge is -2.31. The fourth-order valence-corrected chi connectivity index (χ4v) is 7.75. The van der Waals surface area contributed by atoms with Crippen molar-refractivity contribution in [1.82, 2.24) is 0 Å². The number of nitrogens with one attached hydrogen (secondary N) is 3. The lowest BCUT2D eigenvalue weighted by Crippen LogP contribution is -2.44. The number of carbonyl (C=O) groups is 12. The summed E-state index contributed by atoms with van der Waals surface area (Å²) in [4.78, 5) is 158. The van der Waals surface area contributed by atoms with Crippen LogP contribution in [0.5, 0.6) is 0 Å². The first-order valence-electron chi connectivity index (χ1n) is 29.7. The highest BCUT2D eigenvalue weighted by Gasteiger charge is 2.40. The van der Waals surface area contributed by atoms with Crippen molar-refractivity contribution < 1.29 is 119 Å². The van der Waals surface area contributed by atoms with Gasteiger partial charge in [0.2, 0.25) is 6.08 Å². The largest absolute Gasteiger partial charge is 0.462 e. The van der Waals surface area contributed by atoms with Crippen molar-refractivity contribution in [2.75, 3.05) is 95.2 Å². The Morgan fingerprint density at radius 1 is 0.294 bits per heavy atom. The molecule has 0 aromatic heterocycles. The van der Waals surface area contributed by atoms with Gasteiger partial charge in [0.25, 0.3) is 0 Å². The summed E-state index contributed by atoms with van der Waals surface area (Å²) >= 11 is 0. The molecule has 3 N–H and O–H groups in total. The molecule has 0 spiro atoms. The molecular formula is C73H78N4O25. The minimum atomic E-state index is -1.51. The van der Waals surface area contributed by atoms with Gasteiger partial charge >= 0.3 is 72.0 Å². The number of amides is 3. The van der Waals surface area contributed by atoms with Crippen LogP contribution < -0.4 is 16.0 Å². The second-order valence-corrected chi connectivity index (χ2v) is 21.2. The van der Waals surface area contributed by atoms with Gasteiger partial charge in [0, 0.05) is 71.7 Å². The molecule has 0 fully saturated rings. The number of hydrogen-bond donors (Lipinski definition) is 3. The maximum absolute atomic E-state index is 12.8. The van der Waals surface area contributed by atoms with E-state index in [9.17, 15) is 62.3 Å². The molecule has 0 aliphatic carbocycles. The highest BCUT2D eigenvalue weighted by molar-refractivity contribution is 5.88. The maximum Gasteiger partial charge on any atom is 0.411 e. The molecule has 4 rings (SSSR count). The van der Waals surface area contributed by atoms with Crippen molar-refractivity contribution in [3.63, 3.8) is 0 Å². The molecule has 0 saturated heterocycles. The van der Waals surface area contributed by atoms with E-state index in [1.165, 1.54) is 6.08 Å². The zero-order chi connectivity index (χ0) is 74.6. The van der Waals surface area contributed by atoms with E-state index in [2.05, 4.69) is 80.2 Å². The SMILES string of the molecule is C.C=CC(=O)OCC(COC(=O)C=C)(COC(=O)C=C)COC(=O)Nc1ccc(Cc2ccc(N=C=O)cc2)cc1.C=CC(=O)OCC(COC(=O)C=C)(COC(=O)C=C)COC(=O)Nc1ccc(Cc2ccc(NC(=O)OCC(COC(=O)C=C)(COC(=O)C=C)COC(=O)C=C)cc2)cc1. The van der Waals surface area contributed by atoms with Gasteiger partial charge in [-0.2, -0.15) is 4.99 Å². The first kappa shape index (κ1) is 85.0. The third kappa shape index (κ3) is 32.8. The van der Waals surface area contributed by atoms with Gasteiger partial charge < -0.3 is 56.8 Å². The zero-order valence-electron chi connectivity index (χ0n) is 54.9. The van der Waals surface area contributed by atoms with E-state index in [4.69, 9.17) is 56.8 Å². The van der Waals surface area contributed by atoms with E-state index in [-0.39, 0.29) is 7.43 Å². The Balaban J connectivity index is 0.000000746. The molecule has 4 aromatic rings. The number of carbonyl (C=O) groups excluding carboxylic acids is 13. The average Bonchev–Trinajstić information content (AvgIpc) is 0.872. The molecule has 0 unspecified atom stereocenters. The average molecular weight is 1410 g/mol. The van der Waals surface area contributed by atoms with Crippen LogP contribution in [-0.4, -0.2) is 157 Å². The number of rotatable bonds is 41. The monoisotopic (exact) mass is 1410 g/mol. The number of esters is 9.